The molecule has 0 bridgehead atoms. The third-order valence-electron chi connectivity index (χ3n) is 2.59. The van der Waals surface area contributed by atoms with Gasteiger partial charge in [-0.25, -0.2) is 0 Å². The Morgan fingerprint density at radius 3 is 3.06 bits per heavy atom. The van der Waals surface area contributed by atoms with Crippen molar-refractivity contribution >= 4 is 11.3 Å². The fourth-order valence-corrected chi connectivity index (χ4v) is 2.43. The zero-order chi connectivity index (χ0) is 11.4. The molecule has 1 N–H and O–H groups in total. The van der Waals surface area contributed by atoms with Crippen LogP contribution in [0.3, 0.4) is 0 Å². The van der Waals surface area contributed by atoms with Gasteiger partial charge in [0.15, 0.2) is 0 Å². The van der Waals surface area contributed by atoms with E-state index in [1.807, 2.05) is 17.9 Å². The molecule has 0 radical (unpaired) electrons. The number of rotatable bonds is 5. The van der Waals surface area contributed by atoms with E-state index in [1.165, 1.54) is 10.4 Å². The van der Waals surface area contributed by atoms with Crippen molar-refractivity contribution in [1.82, 2.24) is 15.1 Å². The summed E-state index contributed by atoms with van der Waals surface area (Å²) in [4.78, 5) is 1.39. The molecule has 0 amide bonds. The number of nitrogens with zero attached hydrogens (tertiary/aromatic N) is 2. The molecule has 1 atom stereocenters. The highest BCUT2D eigenvalue weighted by Crippen LogP contribution is 2.17. The van der Waals surface area contributed by atoms with Gasteiger partial charge in [0.25, 0.3) is 0 Å². The minimum Gasteiger partial charge on any atom is -0.309 e. The Balaban J connectivity index is 1.76. The first-order valence-corrected chi connectivity index (χ1v) is 6.38. The molecule has 0 aliphatic rings. The molecule has 0 fully saturated rings. The van der Waals surface area contributed by atoms with Crippen LogP contribution in [0.5, 0.6) is 0 Å². The predicted octanol–water partition coefficient (Wildman–Crippen LogP) is 2.37. The van der Waals surface area contributed by atoms with Crippen LogP contribution in [-0.4, -0.2) is 16.3 Å². The Bertz CT molecular complexity index is 419. The van der Waals surface area contributed by atoms with E-state index in [1.54, 1.807) is 11.3 Å². The molecule has 2 aromatic heterocycles. The van der Waals surface area contributed by atoms with Crippen molar-refractivity contribution in [3.8, 4) is 0 Å². The summed E-state index contributed by atoms with van der Waals surface area (Å²) in [5.74, 6) is 0. The van der Waals surface area contributed by atoms with Gasteiger partial charge in [-0.2, -0.15) is 5.10 Å². The summed E-state index contributed by atoms with van der Waals surface area (Å²) in [6.45, 7) is 3.19. The maximum Gasteiger partial charge on any atom is 0.0522 e. The molecule has 2 aromatic rings. The van der Waals surface area contributed by atoms with Gasteiger partial charge in [0.2, 0.25) is 0 Å². The van der Waals surface area contributed by atoms with Gasteiger partial charge in [-0.1, -0.05) is 6.07 Å². The van der Waals surface area contributed by atoms with Gasteiger partial charge < -0.3 is 5.32 Å². The maximum absolute atomic E-state index is 4.16. The minimum atomic E-state index is 0.441. The van der Waals surface area contributed by atoms with Crippen LogP contribution in [0, 0.1) is 0 Å². The number of hydrogen-bond acceptors (Lipinski definition) is 3. The van der Waals surface area contributed by atoms with Crippen molar-refractivity contribution in [3.63, 3.8) is 0 Å². The standard InChI is InChI=1S/C12H17N3S/c1-10(12-4-3-7-16-12)13-6-5-11-8-14-15(2)9-11/h3-4,7-10,13H,5-6H2,1-2H3/t10-/m0/s1. The number of thiophene rings is 1. The van der Waals surface area contributed by atoms with E-state index in [4.69, 9.17) is 0 Å². The number of nitrogens with one attached hydrogen (secondary N) is 1. The first-order chi connectivity index (χ1) is 7.75. The van der Waals surface area contributed by atoms with E-state index in [-0.39, 0.29) is 0 Å². The molecular formula is C12H17N3S. The van der Waals surface area contributed by atoms with E-state index < -0.39 is 0 Å². The zero-order valence-corrected chi connectivity index (χ0v) is 10.5. The van der Waals surface area contributed by atoms with Crippen LogP contribution in [0.4, 0.5) is 0 Å². The van der Waals surface area contributed by atoms with Crippen molar-refractivity contribution in [2.24, 2.45) is 7.05 Å². The first kappa shape index (κ1) is 11.4. The molecule has 0 unspecified atom stereocenters. The first-order valence-electron chi connectivity index (χ1n) is 5.50. The average Bonchev–Trinajstić information content (AvgIpc) is 2.89. The fraction of sp³-hybridized carbons (Fsp3) is 0.417. The lowest BCUT2D eigenvalue weighted by atomic mass is 10.2. The Labute approximate surface area is 100 Å². The molecule has 0 spiro atoms. The Morgan fingerprint density at radius 2 is 2.44 bits per heavy atom. The lowest BCUT2D eigenvalue weighted by Gasteiger charge is -2.11. The van der Waals surface area contributed by atoms with E-state index in [9.17, 15) is 0 Å². The summed E-state index contributed by atoms with van der Waals surface area (Å²) in [5, 5.41) is 9.79. The molecular weight excluding hydrogens is 218 g/mol. The van der Waals surface area contributed by atoms with Crippen LogP contribution in [-0.2, 0) is 13.5 Å². The SMILES string of the molecule is C[C@H](NCCc1cnn(C)c1)c1cccs1. The molecule has 0 saturated heterocycles. The number of hydrogen-bond donors (Lipinski definition) is 1. The third-order valence-corrected chi connectivity index (χ3v) is 3.65. The van der Waals surface area contributed by atoms with Gasteiger partial charge in [0.05, 0.1) is 6.20 Å². The molecule has 0 saturated carbocycles. The Morgan fingerprint density at radius 1 is 1.56 bits per heavy atom. The van der Waals surface area contributed by atoms with Gasteiger partial charge in [-0.15, -0.1) is 11.3 Å². The maximum atomic E-state index is 4.16. The van der Waals surface area contributed by atoms with Crippen molar-refractivity contribution in [2.75, 3.05) is 6.54 Å². The Kier molecular flexibility index (Phi) is 3.74. The third kappa shape index (κ3) is 2.93. The highest BCUT2D eigenvalue weighted by Gasteiger charge is 2.05. The molecule has 0 aliphatic carbocycles. The molecule has 2 heterocycles. The van der Waals surface area contributed by atoms with Gasteiger partial charge in [0.1, 0.15) is 0 Å². The van der Waals surface area contributed by atoms with Crippen molar-refractivity contribution in [2.45, 2.75) is 19.4 Å². The normalized spacial score (nSPS) is 12.9. The zero-order valence-electron chi connectivity index (χ0n) is 9.68. The molecule has 0 aromatic carbocycles. The largest absolute Gasteiger partial charge is 0.309 e. The topological polar surface area (TPSA) is 29.9 Å². The van der Waals surface area contributed by atoms with E-state index in [0.717, 1.165) is 13.0 Å². The van der Waals surface area contributed by atoms with Gasteiger partial charge in [0, 0.05) is 24.2 Å². The van der Waals surface area contributed by atoms with Crippen LogP contribution in [0.2, 0.25) is 0 Å². The van der Waals surface area contributed by atoms with Crippen molar-refractivity contribution in [1.29, 1.82) is 0 Å². The monoisotopic (exact) mass is 235 g/mol. The highest BCUT2D eigenvalue weighted by molar-refractivity contribution is 7.10. The van der Waals surface area contributed by atoms with Crippen LogP contribution in [0.15, 0.2) is 29.9 Å². The highest BCUT2D eigenvalue weighted by atomic mass is 32.1. The summed E-state index contributed by atoms with van der Waals surface area (Å²) in [5.41, 5.74) is 1.29. The smallest absolute Gasteiger partial charge is 0.0522 e. The molecule has 4 heteroatoms. The number of aryl methyl sites for hydroxylation is 1. The molecule has 16 heavy (non-hydrogen) atoms. The summed E-state index contributed by atoms with van der Waals surface area (Å²) < 4.78 is 1.85. The second kappa shape index (κ2) is 5.27. The second-order valence-corrected chi connectivity index (χ2v) is 4.94. The molecule has 2 rings (SSSR count). The van der Waals surface area contributed by atoms with Crippen LogP contribution >= 0.6 is 11.3 Å². The van der Waals surface area contributed by atoms with E-state index in [2.05, 4.69) is 41.0 Å². The predicted molar refractivity (Wildman–Crippen MR) is 67.6 cm³/mol. The summed E-state index contributed by atoms with van der Waals surface area (Å²) in [6.07, 6.45) is 5.03. The molecule has 86 valence electrons. The van der Waals surface area contributed by atoms with Crippen LogP contribution < -0.4 is 5.32 Å². The summed E-state index contributed by atoms with van der Waals surface area (Å²) in [6, 6.07) is 4.71. The lowest BCUT2D eigenvalue weighted by Crippen LogP contribution is -2.20. The Hall–Kier alpha value is -1.13. The van der Waals surface area contributed by atoms with E-state index in [0.29, 0.717) is 6.04 Å². The second-order valence-electron chi connectivity index (χ2n) is 3.96. The quantitative estimate of drug-likeness (QED) is 0.862. The summed E-state index contributed by atoms with van der Waals surface area (Å²) >= 11 is 1.80. The fourth-order valence-electron chi connectivity index (χ4n) is 1.67. The summed E-state index contributed by atoms with van der Waals surface area (Å²) in [7, 11) is 1.95. The van der Waals surface area contributed by atoms with Gasteiger partial charge >= 0.3 is 0 Å². The van der Waals surface area contributed by atoms with Gasteiger partial charge in [-0.05, 0) is 36.9 Å². The number of aromatic nitrogens is 2. The van der Waals surface area contributed by atoms with Crippen LogP contribution in [0.25, 0.3) is 0 Å². The minimum absolute atomic E-state index is 0.441. The van der Waals surface area contributed by atoms with Crippen LogP contribution in [0.1, 0.15) is 23.4 Å². The van der Waals surface area contributed by atoms with E-state index >= 15 is 0 Å². The van der Waals surface area contributed by atoms with Crippen molar-refractivity contribution < 1.29 is 0 Å². The molecule has 0 aliphatic heterocycles. The molecule has 3 nitrogen and oxygen atoms in total. The van der Waals surface area contributed by atoms with Crippen molar-refractivity contribution in [3.05, 3.63) is 40.3 Å². The lowest BCUT2D eigenvalue weighted by molar-refractivity contribution is 0.584. The average molecular weight is 235 g/mol. The van der Waals surface area contributed by atoms with Gasteiger partial charge in [-0.3, -0.25) is 4.68 Å².